The summed E-state index contributed by atoms with van der Waals surface area (Å²) in [4.78, 5) is 0. The number of hydrogen-bond acceptors (Lipinski definition) is 1. The highest BCUT2D eigenvalue weighted by Crippen LogP contribution is 2.34. The third-order valence-corrected chi connectivity index (χ3v) is 3.57. The van der Waals surface area contributed by atoms with Crippen molar-refractivity contribution in [2.24, 2.45) is 0 Å². The first-order chi connectivity index (χ1) is 8.40. The smallest absolute Gasteiger partial charge is 0.108 e. The number of fused-ring (bicyclic) bond motifs is 2. The predicted molar refractivity (Wildman–Crippen MR) is 69.1 cm³/mol. The molecule has 0 bridgehead atoms. The second kappa shape index (κ2) is 4.34. The Morgan fingerprint density at radius 1 is 0.824 bits per heavy atom. The summed E-state index contributed by atoms with van der Waals surface area (Å²) >= 11 is 0. The van der Waals surface area contributed by atoms with E-state index in [4.69, 9.17) is 4.74 Å². The van der Waals surface area contributed by atoms with Crippen LogP contribution >= 0.6 is 0 Å². The van der Waals surface area contributed by atoms with Crippen molar-refractivity contribution in [1.82, 2.24) is 0 Å². The molecule has 1 heteroatoms. The van der Waals surface area contributed by atoms with Crippen LogP contribution in [0.1, 0.15) is 28.4 Å². The van der Waals surface area contributed by atoms with Crippen LogP contribution in [0.25, 0.3) is 0 Å². The minimum atomic E-state index is 0.0879. The molecule has 0 saturated carbocycles. The maximum atomic E-state index is 5.72. The van der Waals surface area contributed by atoms with Gasteiger partial charge in [0.25, 0.3) is 0 Å². The van der Waals surface area contributed by atoms with Crippen LogP contribution in [0.2, 0.25) is 0 Å². The molecule has 0 radical (unpaired) electrons. The van der Waals surface area contributed by atoms with E-state index in [-0.39, 0.29) is 6.10 Å². The van der Waals surface area contributed by atoms with Crippen LogP contribution < -0.4 is 0 Å². The van der Waals surface area contributed by atoms with Crippen molar-refractivity contribution in [2.45, 2.75) is 18.9 Å². The highest BCUT2D eigenvalue weighted by atomic mass is 16.5. The fourth-order valence-electron chi connectivity index (χ4n) is 2.73. The van der Waals surface area contributed by atoms with Crippen LogP contribution in [0.15, 0.2) is 48.5 Å². The number of rotatable bonds is 1. The van der Waals surface area contributed by atoms with Crippen molar-refractivity contribution in [3.05, 3.63) is 70.8 Å². The van der Waals surface area contributed by atoms with Gasteiger partial charge in [0.05, 0.1) is 0 Å². The third-order valence-electron chi connectivity index (χ3n) is 3.57. The summed E-state index contributed by atoms with van der Waals surface area (Å²) < 4.78 is 5.72. The summed E-state index contributed by atoms with van der Waals surface area (Å²) in [6.45, 7) is 0. The molecule has 1 aliphatic rings. The summed E-state index contributed by atoms with van der Waals surface area (Å²) in [6.07, 6.45) is 2.30. The molecule has 86 valence electrons. The van der Waals surface area contributed by atoms with Crippen LogP contribution in [0.4, 0.5) is 0 Å². The molecular weight excluding hydrogens is 208 g/mol. The van der Waals surface area contributed by atoms with E-state index in [1.807, 2.05) is 0 Å². The summed E-state index contributed by atoms with van der Waals surface area (Å²) in [5.41, 5.74) is 5.46. The Hall–Kier alpha value is -1.60. The molecule has 0 aromatic heterocycles. The fourth-order valence-corrected chi connectivity index (χ4v) is 2.73. The van der Waals surface area contributed by atoms with Crippen molar-refractivity contribution in [1.29, 1.82) is 0 Å². The largest absolute Gasteiger partial charge is 0.372 e. The molecule has 17 heavy (non-hydrogen) atoms. The predicted octanol–water partition coefficient (Wildman–Crippen LogP) is 3.52. The SMILES string of the molecule is COC1c2ccccc2CCc2ccccc21. The monoisotopic (exact) mass is 224 g/mol. The Morgan fingerprint density at radius 3 is 1.76 bits per heavy atom. The van der Waals surface area contributed by atoms with Gasteiger partial charge >= 0.3 is 0 Å². The number of ether oxygens (including phenoxy) is 1. The van der Waals surface area contributed by atoms with Gasteiger partial charge in [0.1, 0.15) is 6.10 Å². The average Bonchev–Trinajstić information content (AvgIpc) is 2.55. The first-order valence-corrected chi connectivity index (χ1v) is 6.08. The average molecular weight is 224 g/mol. The molecule has 0 aliphatic heterocycles. The molecule has 1 nitrogen and oxygen atoms in total. The zero-order chi connectivity index (χ0) is 11.7. The molecule has 0 spiro atoms. The standard InChI is InChI=1S/C16H16O/c1-17-16-14-8-4-2-6-12(14)10-11-13-7-3-5-9-15(13)16/h2-9,16H,10-11H2,1H3. The topological polar surface area (TPSA) is 9.23 Å². The van der Waals surface area contributed by atoms with Gasteiger partial charge in [-0.2, -0.15) is 0 Å². The van der Waals surface area contributed by atoms with Crippen LogP contribution in [-0.4, -0.2) is 7.11 Å². The van der Waals surface area contributed by atoms with Crippen molar-refractivity contribution in [3.63, 3.8) is 0 Å². The van der Waals surface area contributed by atoms with Gasteiger partial charge in [-0.3, -0.25) is 0 Å². The van der Waals surface area contributed by atoms with E-state index >= 15 is 0 Å². The van der Waals surface area contributed by atoms with Gasteiger partial charge in [0.15, 0.2) is 0 Å². The van der Waals surface area contributed by atoms with Crippen LogP contribution in [0, 0.1) is 0 Å². The minimum Gasteiger partial charge on any atom is -0.372 e. The third kappa shape index (κ3) is 1.77. The van der Waals surface area contributed by atoms with Crippen LogP contribution in [0.5, 0.6) is 0 Å². The Balaban J connectivity index is 2.19. The van der Waals surface area contributed by atoms with Gasteiger partial charge in [0.2, 0.25) is 0 Å². The molecule has 0 heterocycles. The van der Waals surface area contributed by atoms with Gasteiger partial charge in [-0.05, 0) is 35.1 Å². The van der Waals surface area contributed by atoms with Gasteiger partial charge in [-0.1, -0.05) is 48.5 Å². The molecule has 0 unspecified atom stereocenters. The molecule has 2 aromatic rings. The van der Waals surface area contributed by atoms with Crippen molar-refractivity contribution in [3.8, 4) is 0 Å². The van der Waals surface area contributed by atoms with Gasteiger partial charge in [-0.25, -0.2) is 0 Å². The van der Waals surface area contributed by atoms with E-state index in [1.54, 1.807) is 7.11 Å². The van der Waals surface area contributed by atoms with Gasteiger partial charge in [0, 0.05) is 7.11 Å². The van der Waals surface area contributed by atoms with E-state index in [0.29, 0.717) is 0 Å². The molecule has 2 aromatic carbocycles. The highest BCUT2D eigenvalue weighted by molar-refractivity contribution is 5.43. The second-order valence-electron chi connectivity index (χ2n) is 4.51. The first kappa shape index (κ1) is 10.5. The Bertz CT molecular complexity index is 483. The molecule has 0 saturated heterocycles. The zero-order valence-electron chi connectivity index (χ0n) is 10.0. The fraction of sp³-hybridized carbons (Fsp3) is 0.250. The summed E-state index contributed by atoms with van der Waals surface area (Å²) in [5.74, 6) is 0. The molecule has 3 rings (SSSR count). The van der Waals surface area contributed by atoms with E-state index in [2.05, 4.69) is 48.5 Å². The number of aryl methyl sites for hydroxylation is 2. The lowest BCUT2D eigenvalue weighted by atomic mass is 9.97. The number of hydrogen-bond donors (Lipinski definition) is 0. The van der Waals surface area contributed by atoms with Gasteiger partial charge < -0.3 is 4.74 Å². The van der Waals surface area contributed by atoms with E-state index < -0.39 is 0 Å². The molecular formula is C16H16O. The van der Waals surface area contributed by atoms with Crippen molar-refractivity contribution >= 4 is 0 Å². The first-order valence-electron chi connectivity index (χ1n) is 6.08. The highest BCUT2D eigenvalue weighted by Gasteiger charge is 2.22. The summed E-state index contributed by atoms with van der Waals surface area (Å²) in [6, 6.07) is 17.2. The summed E-state index contributed by atoms with van der Waals surface area (Å²) in [5, 5.41) is 0. The molecule has 0 N–H and O–H groups in total. The second-order valence-corrected chi connectivity index (χ2v) is 4.51. The normalized spacial score (nSPS) is 14.9. The Labute approximate surface area is 102 Å². The molecule has 0 atom stereocenters. The quantitative estimate of drug-likeness (QED) is 0.720. The maximum absolute atomic E-state index is 5.72. The molecule has 1 aliphatic carbocycles. The Morgan fingerprint density at radius 2 is 1.29 bits per heavy atom. The minimum absolute atomic E-state index is 0.0879. The van der Waals surface area contributed by atoms with E-state index in [0.717, 1.165) is 12.8 Å². The molecule has 0 fully saturated rings. The van der Waals surface area contributed by atoms with E-state index in [9.17, 15) is 0 Å². The van der Waals surface area contributed by atoms with E-state index in [1.165, 1.54) is 22.3 Å². The Kier molecular flexibility index (Phi) is 2.69. The zero-order valence-corrected chi connectivity index (χ0v) is 10.0. The number of benzene rings is 2. The lowest BCUT2D eigenvalue weighted by Crippen LogP contribution is -2.05. The molecule has 0 amide bonds. The lowest BCUT2D eigenvalue weighted by molar-refractivity contribution is 0.136. The van der Waals surface area contributed by atoms with Crippen molar-refractivity contribution in [2.75, 3.05) is 7.11 Å². The van der Waals surface area contributed by atoms with Crippen molar-refractivity contribution < 1.29 is 4.74 Å². The van der Waals surface area contributed by atoms with Crippen LogP contribution in [-0.2, 0) is 17.6 Å². The van der Waals surface area contributed by atoms with Crippen LogP contribution in [0.3, 0.4) is 0 Å². The number of methoxy groups -OCH3 is 1. The summed E-state index contributed by atoms with van der Waals surface area (Å²) in [7, 11) is 1.80. The lowest BCUT2D eigenvalue weighted by Gasteiger charge is -2.18. The van der Waals surface area contributed by atoms with Gasteiger partial charge in [-0.15, -0.1) is 0 Å². The maximum Gasteiger partial charge on any atom is 0.108 e.